The zero-order valence-electron chi connectivity index (χ0n) is 8.54. The average Bonchev–Trinajstić information content (AvgIpc) is 2.43. The highest BCUT2D eigenvalue weighted by molar-refractivity contribution is 7.98. The molecule has 1 amide bonds. The van der Waals surface area contributed by atoms with Crippen LogP contribution in [0.4, 0.5) is 0 Å². The maximum atomic E-state index is 11.7. The van der Waals surface area contributed by atoms with Crippen molar-refractivity contribution in [2.75, 3.05) is 25.2 Å². The molecule has 1 aliphatic rings. The summed E-state index contributed by atoms with van der Waals surface area (Å²) in [4.78, 5) is 13.6. The Morgan fingerprint density at radius 1 is 1.69 bits per heavy atom. The Morgan fingerprint density at radius 2 is 2.38 bits per heavy atom. The highest BCUT2D eigenvalue weighted by Gasteiger charge is 2.32. The van der Waals surface area contributed by atoms with E-state index in [-0.39, 0.29) is 11.9 Å². The molecule has 1 heterocycles. The molecule has 0 spiro atoms. The van der Waals surface area contributed by atoms with E-state index in [9.17, 15) is 4.79 Å². The summed E-state index contributed by atoms with van der Waals surface area (Å²) in [5, 5.41) is 3.23. The van der Waals surface area contributed by atoms with Crippen LogP contribution in [0.1, 0.15) is 13.8 Å². The summed E-state index contributed by atoms with van der Waals surface area (Å²) < 4.78 is 0. The fourth-order valence-corrected chi connectivity index (χ4v) is 1.89. The first-order valence-electron chi connectivity index (χ1n) is 4.68. The molecule has 0 bridgehead atoms. The van der Waals surface area contributed by atoms with Crippen LogP contribution in [0.25, 0.3) is 0 Å². The van der Waals surface area contributed by atoms with Gasteiger partial charge < -0.3 is 4.90 Å². The normalized spacial score (nSPS) is 23.2. The van der Waals surface area contributed by atoms with Crippen LogP contribution in [0.15, 0.2) is 0 Å². The van der Waals surface area contributed by atoms with Crippen molar-refractivity contribution in [1.82, 2.24) is 10.2 Å². The highest BCUT2D eigenvalue weighted by Crippen LogP contribution is 2.11. The van der Waals surface area contributed by atoms with Crippen LogP contribution >= 0.6 is 11.8 Å². The zero-order valence-corrected chi connectivity index (χ0v) is 9.36. The van der Waals surface area contributed by atoms with E-state index in [0.29, 0.717) is 5.92 Å². The standard InChI is InChI=1S/C9H18N2OS/c1-7(2)8-9(12)11(6-10-8)4-5-13-3/h7-8,10H,4-6H2,1-3H3. The molecule has 3 nitrogen and oxygen atoms in total. The molecule has 1 saturated heterocycles. The fraction of sp³-hybridized carbons (Fsp3) is 0.889. The van der Waals surface area contributed by atoms with Crippen LogP contribution in [0.3, 0.4) is 0 Å². The Balaban J connectivity index is 2.41. The maximum Gasteiger partial charge on any atom is 0.241 e. The van der Waals surface area contributed by atoms with Crippen molar-refractivity contribution >= 4 is 17.7 Å². The van der Waals surface area contributed by atoms with Crippen molar-refractivity contribution in [3.8, 4) is 0 Å². The van der Waals surface area contributed by atoms with E-state index in [1.54, 1.807) is 11.8 Å². The number of hydrogen-bond donors (Lipinski definition) is 1. The lowest BCUT2D eigenvalue weighted by atomic mass is 10.1. The minimum absolute atomic E-state index is 0.0434. The lowest BCUT2D eigenvalue weighted by molar-refractivity contribution is -0.129. The number of carbonyl (C=O) groups is 1. The first kappa shape index (κ1) is 10.9. The van der Waals surface area contributed by atoms with E-state index in [2.05, 4.69) is 25.4 Å². The molecule has 4 heteroatoms. The second kappa shape index (κ2) is 4.86. The van der Waals surface area contributed by atoms with E-state index >= 15 is 0 Å². The van der Waals surface area contributed by atoms with Crippen LogP contribution in [0.2, 0.25) is 0 Å². The molecular formula is C9H18N2OS. The van der Waals surface area contributed by atoms with Crippen molar-refractivity contribution in [2.24, 2.45) is 5.92 Å². The van der Waals surface area contributed by atoms with Crippen LogP contribution in [0.5, 0.6) is 0 Å². The monoisotopic (exact) mass is 202 g/mol. The smallest absolute Gasteiger partial charge is 0.241 e. The quantitative estimate of drug-likeness (QED) is 0.730. The summed E-state index contributed by atoms with van der Waals surface area (Å²) in [6.45, 7) is 5.75. The summed E-state index contributed by atoms with van der Waals surface area (Å²) in [6, 6.07) is 0.0434. The molecular weight excluding hydrogens is 184 g/mol. The summed E-state index contributed by atoms with van der Waals surface area (Å²) in [6.07, 6.45) is 2.06. The summed E-state index contributed by atoms with van der Waals surface area (Å²) in [5.74, 6) is 1.69. The molecule has 0 aromatic carbocycles. The Kier molecular flexibility index (Phi) is 4.06. The summed E-state index contributed by atoms with van der Waals surface area (Å²) >= 11 is 1.78. The van der Waals surface area contributed by atoms with Crippen LogP contribution < -0.4 is 5.32 Å². The largest absolute Gasteiger partial charge is 0.328 e. The lowest BCUT2D eigenvalue weighted by Crippen LogP contribution is -2.35. The molecule has 0 radical (unpaired) electrons. The fourth-order valence-electron chi connectivity index (χ4n) is 1.48. The predicted octanol–water partition coefficient (Wildman–Crippen LogP) is 0.763. The molecule has 1 unspecified atom stereocenters. The van der Waals surface area contributed by atoms with Crippen molar-refractivity contribution in [3.63, 3.8) is 0 Å². The zero-order chi connectivity index (χ0) is 9.84. The third-order valence-electron chi connectivity index (χ3n) is 2.31. The molecule has 0 aliphatic carbocycles. The van der Waals surface area contributed by atoms with Gasteiger partial charge in [-0.05, 0) is 12.2 Å². The number of nitrogens with one attached hydrogen (secondary N) is 1. The molecule has 0 aromatic heterocycles. The molecule has 76 valence electrons. The molecule has 1 fully saturated rings. The van der Waals surface area contributed by atoms with Gasteiger partial charge in [-0.15, -0.1) is 0 Å². The Labute approximate surface area is 84.2 Å². The minimum Gasteiger partial charge on any atom is -0.328 e. The van der Waals surface area contributed by atoms with Gasteiger partial charge in [0.2, 0.25) is 5.91 Å². The molecule has 1 rings (SSSR count). The molecule has 1 aliphatic heterocycles. The average molecular weight is 202 g/mol. The van der Waals surface area contributed by atoms with E-state index in [4.69, 9.17) is 0 Å². The van der Waals surface area contributed by atoms with Crippen molar-refractivity contribution < 1.29 is 4.79 Å². The van der Waals surface area contributed by atoms with Gasteiger partial charge >= 0.3 is 0 Å². The Morgan fingerprint density at radius 3 is 2.85 bits per heavy atom. The molecule has 1 atom stereocenters. The van der Waals surface area contributed by atoms with Gasteiger partial charge in [0, 0.05) is 12.3 Å². The van der Waals surface area contributed by atoms with Gasteiger partial charge in [-0.2, -0.15) is 11.8 Å². The first-order valence-corrected chi connectivity index (χ1v) is 6.07. The third kappa shape index (κ3) is 2.61. The van der Waals surface area contributed by atoms with E-state index < -0.39 is 0 Å². The maximum absolute atomic E-state index is 11.7. The first-order chi connectivity index (χ1) is 6.16. The second-order valence-corrected chi connectivity index (χ2v) is 4.66. The molecule has 1 N–H and O–H groups in total. The van der Waals surface area contributed by atoms with Crippen molar-refractivity contribution in [3.05, 3.63) is 0 Å². The van der Waals surface area contributed by atoms with Gasteiger partial charge in [0.25, 0.3) is 0 Å². The Hall–Kier alpha value is -0.220. The van der Waals surface area contributed by atoms with E-state index in [0.717, 1.165) is 19.0 Å². The number of rotatable bonds is 4. The van der Waals surface area contributed by atoms with Crippen LogP contribution in [0, 0.1) is 5.92 Å². The van der Waals surface area contributed by atoms with Crippen molar-refractivity contribution in [1.29, 1.82) is 0 Å². The van der Waals surface area contributed by atoms with Gasteiger partial charge in [0.1, 0.15) is 0 Å². The second-order valence-electron chi connectivity index (χ2n) is 3.68. The number of hydrogen-bond acceptors (Lipinski definition) is 3. The topological polar surface area (TPSA) is 32.3 Å². The number of thioether (sulfide) groups is 1. The highest BCUT2D eigenvalue weighted by atomic mass is 32.2. The summed E-state index contributed by atoms with van der Waals surface area (Å²) in [7, 11) is 0. The van der Waals surface area contributed by atoms with E-state index in [1.165, 1.54) is 0 Å². The van der Waals surface area contributed by atoms with E-state index in [1.807, 2.05) is 4.90 Å². The van der Waals surface area contributed by atoms with Gasteiger partial charge in [-0.25, -0.2) is 0 Å². The molecule has 0 aromatic rings. The summed E-state index contributed by atoms with van der Waals surface area (Å²) in [5.41, 5.74) is 0. The number of nitrogens with zero attached hydrogens (tertiary/aromatic N) is 1. The number of amides is 1. The van der Waals surface area contributed by atoms with Crippen molar-refractivity contribution in [2.45, 2.75) is 19.9 Å². The van der Waals surface area contributed by atoms with Crippen LogP contribution in [-0.2, 0) is 4.79 Å². The molecule has 0 saturated carbocycles. The van der Waals surface area contributed by atoms with Gasteiger partial charge in [0.05, 0.1) is 12.7 Å². The van der Waals surface area contributed by atoms with Crippen LogP contribution in [-0.4, -0.2) is 42.1 Å². The SMILES string of the molecule is CSCCN1CNC(C(C)C)C1=O. The predicted molar refractivity (Wildman–Crippen MR) is 56.7 cm³/mol. The lowest BCUT2D eigenvalue weighted by Gasteiger charge is -2.15. The minimum atomic E-state index is 0.0434. The third-order valence-corrected chi connectivity index (χ3v) is 2.90. The Bertz CT molecular complexity index is 184. The molecule has 13 heavy (non-hydrogen) atoms. The number of carbonyl (C=O) groups excluding carboxylic acids is 1. The van der Waals surface area contributed by atoms with Gasteiger partial charge in [0.15, 0.2) is 0 Å². The van der Waals surface area contributed by atoms with Gasteiger partial charge in [-0.1, -0.05) is 13.8 Å². The van der Waals surface area contributed by atoms with Gasteiger partial charge in [-0.3, -0.25) is 10.1 Å².